The number of halogens is 2. The van der Waals surface area contributed by atoms with Crippen LogP contribution in [0.5, 0.6) is 0 Å². The van der Waals surface area contributed by atoms with Gasteiger partial charge in [0.05, 0.1) is 19.1 Å². The fourth-order valence-electron chi connectivity index (χ4n) is 6.26. The van der Waals surface area contributed by atoms with Gasteiger partial charge in [-0.05, 0) is 60.4 Å². The Bertz CT molecular complexity index is 1370. The van der Waals surface area contributed by atoms with Crippen LogP contribution < -0.4 is 0 Å². The van der Waals surface area contributed by atoms with Gasteiger partial charge in [-0.15, -0.1) is 0 Å². The molecule has 3 atom stereocenters. The van der Waals surface area contributed by atoms with Crippen molar-refractivity contribution in [3.63, 3.8) is 0 Å². The highest BCUT2D eigenvalue weighted by Crippen LogP contribution is 2.57. The van der Waals surface area contributed by atoms with Gasteiger partial charge < -0.3 is 14.4 Å². The van der Waals surface area contributed by atoms with Crippen molar-refractivity contribution in [2.24, 2.45) is 11.8 Å². The molecule has 2 aliphatic rings. The largest absolute Gasteiger partial charge is 0.465 e. The van der Waals surface area contributed by atoms with E-state index in [1.54, 1.807) is 43.0 Å². The maximum Gasteiger partial charge on any atom is 0.328 e. The van der Waals surface area contributed by atoms with Gasteiger partial charge in [0.2, 0.25) is 11.3 Å². The van der Waals surface area contributed by atoms with E-state index in [0.29, 0.717) is 28.7 Å². The Labute approximate surface area is 237 Å². The first kappa shape index (κ1) is 27.2. The van der Waals surface area contributed by atoms with E-state index in [9.17, 15) is 14.4 Å². The first-order valence-electron chi connectivity index (χ1n) is 13.0. The molecule has 0 bridgehead atoms. The van der Waals surface area contributed by atoms with Crippen LogP contribution in [0.25, 0.3) is 0 Å². The second-order valence-corrected chi connectivity index (χ2v) is 10.7. The first-order chi connectivity index (χ1) is 18.8. The molecule has 1 fully saturated rings. The minimum Gasteiger partial charge on any atom is -0.465 e. The monoisotopic (exact) mass is 565 g/mol. The van der Waals surface area contributed by atoms with Crippen molar-refractivity contribution >= 4 is 41.0 Å². The van der Waals surface area contributed by atoms with Crippen LogP contribution in [-0.4, -0.2) is 42.5 Å². The summed E-state index contributed by atoms with van der Waals surface area (Å²) in [6.45, 7) is 4.11. The van der Waals surface area contributed by atoms with E-state index in [1.165, 1.54) is 0 Å². The predicted molar refractivity (Wildman–Crippen MR) is 149 cm³/mol. The van der Waals surface area contributed by atoms with Gasteiger partial charge in [-0.1, -0.05) is 71.7 Å². The molecule has 1 heterocycles. The minimum atomic E-state index is -2.00. The SMILES string of the molecule is CCOC(=O)C1(C(=O)OCC)c2cc(Cl)ccc2[C@H](c2ccc(Cl)cc2)[C@@H]2CN(Cc3ccccc3)C(=O)[C@H]21. The molecule has 0 radical (unpaired) electrons. The van der Waals surface area contributed by atoms with Crippen LogP contribution in [0.4, 0.5) is 0 Å². The Morgan fingerprint density at radius 3 is 2.13 bits per heavy atom. The third-order valence-corrected chi connectivity index (χ3v) is 8.23. The highest BCUT2D eigenvalue weighted by molar-refractivity contribution is 6.31. The molecule has 1 amide bonds. The molecular formula is C31H29Cl2NO5. The van der Waals surface area contributed by atoms with E-state index in [-0.39, 0.29) is 25.0 Å². The summed E-state index contributed by atoms with van der Waals surface area (Å²) in [5, 5.41) is 0.926. The summed E-state index contributed by atoms with van der Waals surface area (Å²) in [6, 6.07) is 22.3. The van der Waals surface area contributed by atoms with E-state index in [1.807, 2.05) is 48.5 Å². The molecule has 1 saturated heterocycles. The fraction of sp³-hybridized carbons (Fsp3) is 0.323. The van der Waals surface area contributed by atoms with E-state index in [2.05, 4.69) is 0 Å². The number of hydrogen-bond donors (Lipinski definition) is 0. The van der Waals surface area contributed by atoms with Crippen LogP contribution in [-0.2, 0) is 35.8 Å². The van der Waals surface area contributed by atoms with E-state index in [0.717, 1.165) is 16.7 Å². The lowest BCUT2D eigenvalue weighted by Crippen LogP contribution is -2.59. The van der Waals surface area contributed by atoms with Crippen molar-refractivity contribution in [2.45, 2.75) is 31.7 Å². The van der Waals surface area contributed by atoms with Crippen LogP contribution in [0, 0.1) is 11.8 Å². The Kier molecular flexibility index (Phi) is 7.70. The summed E-state index contributed by atoms with van der Waals surface area (Å²) >= 11 is 12.7. The van der Waals surface area contributed by atoms with Crippen molar-refractivity contribution in [2.75, 3.05) is 19.8 Å². The quantitative estimate of drug-likeness (QED) is 0.268. The molecule has 0 N–H and O–H groups in total. The number of ether oxygens (including phenoxy) is 2. The van der Waals surface area contributed by atoms with Crippen LogP contribution in [0.15, 0.2) is 72.8 Å². The molecule has 8 heteroatoms. The lowest BCUT2D eigenvalue weighted by Gasteiger charge is -2.45. The van der Waals surface area contributed by atoms with Crippen molar-refractivity contribution < 1.29 is 23.9 Å². The second-order valence-electron chi connectivity index (χ2n) is 9.86. The minimum absolute atomic E-state index is 0.0375. The van der Waals surface area contributed by atoms with Crippen LogP contribution >= 0.6 is 23.2 Å². The third kappa shape index (κ3) is 4.60. The topological polar surface area (TPSA) is 72.9 Å². The predicted octanol–water partition coefficient (Wildman–Crippen LogP) is 5.78. The first-order valence-corrected chi connectivity index (χ1v) is 13.8. The summed E-state index contributed by atoms with van der Waals surface area (Å²) in [5.74, 6) is -3.68. The maximum atomic E-state index is 14.4. The van der Waals surface area contributed by atoms with Gasteiger partial charge in [0.25, 0.3) is 0 Å². The lowest BCUT2D eigenvalue weighted by molar-refractivity contribution is -0.172. The van der Waals surface area contributed by atoms with Crippen LogP contribution in [0.2, 0.25) is 10.0 Å². The fourth-order valence-corrected chi connectivity index (χ4v) is 6.56. The zero-order valence-electron chi connectivity index (χ0n) is 21.7. The van der Waals surface area contributed by atoms with Gasteiger partial charge >= 0.3 is 11.9 Å². The maximum absolute atomic E-state index is 14.4. The molecule has 0 spiro atoms. The molecule has 3 aromatic carbocycles. The number of amides is 1. The molecule has 0 aromatic heterocycles. The molecule has 1 aliphatic carbocycles. The average Bonchev–Trinajstić information content (AvgIpc) is 3.24. The molecule has 0 unspecified atom stereocenters. The Hall–Kier alpha value is -3.35. The van der Waals surface area contributed by atoms with Crippen molar-refractivity contribution in [1.29, 1.82) is 0 Å². The number of hydrogen-bond acceptors (Lipinski definition) is 5. The van der Waals surface area contributed by atoms with Crippen molar-refractivity contribution in [3.05, 3.63) is 105 Å². The molecule has 202 valence electrons. The Morgan fingerprint density at radius 1 is 0.897 bits per heavy atom. The number of fused-ring (bicyclic) bond motifs is 2. The molecule has 6 nitrogen and oxygen atoms in total. The Morgan fingerprint density at radius 2 is 1.51 bits per heavy atom. The highest BCUT2D eigenvalue weighted by Gasteiger charge is 2.68. The smallest absolute Gasteiger partial charge is 0.328 e. The van der Waals surface area contributed by atoms with Crippen LogP contribution in [0.3, 0.4) is 0 Å². The van der Waals surface area contributed by atoms with Gasteiger partial charge in [0, 0.05) is 35.0 Å². The lowest BCUT2D eigenvalue weighted by atomic mass is 9.55. The van der Waals surface area contributed by atoms with Crippen LogP contribution in [0.1, 0.15) is 42.0 Å². The zero-order chi connectivity index (χ0) is 27.7. The van der Waals surface area contributed by atoms with Gasteiger partial charge in [0.1, 0.15) is 0 Å². The summed E-state index contributed by atoms with van der Waals surface area (Å²) in [7, 11) is 0. The number of rotatable bonds is 7. The number of carbonyl (C=O) groups is 3. The molecule has 39 heavy (non-hydrogen) atoms. The number of likely N-dealkylation sites (tertiary alicyclic amines) is 1. The van der Waals surface area contributed by atoms with Crippen molar-refractivity contribution in [1.82, 2.24) is 4.90 Å². The molecule has 1 aliphatic heterocycles. The molecule has 5 rings (SSSR count). The zero-order valence-corrected chi connectivity index (χ0v) is 23.2. The number of nitrogens with zero attached hydrogens (tertiary/aromatic N) is 1. The molecule has 0 saturated carbocycles. The van der Waals surface area contributed by atoms with Crippen molar-refractivity contribution in [3.8, 4) is 0 Å². The number of esters is 2. The average molecular weight is 566 g/mol. The summed E-state index contributed by atoms with van der Waals surface area (Å²) in [5.41, 5.74) is 0.962. The molecule has 3 aromatic rings. The number of benzene rings is 3. The Balaban J connectivity index is 1.77. The normalized spacial score (nSPS) is 21.2. The van der Waals surface area contributed by atoms with Gasteiger partial charge in [0.15, 0.2) is 0 Å². The highest BCUT2D eigenvalue weighted by atomic mass is 35.5. The van der Waals surface area contributed by atoms with E-state index >= 15 is 0 Å². The third-order valence-electron chi connectivity index (χ3n) is 7.75. The summed E-state index contributed by atoms with van der Waals surface area (Å²) in [6.07, 6.45) is 0. The number of carbonyl (C=O) groups excluding carboxylic acids is 3. The van der Waals surface area contributed by atoms with Gasteiger partial charge in [-0.25, -0.2) is 0 Å². The summed E-state index contributed by atoms with van der Waals surface area (Å²) < 4.78 is 11.1. The molecular weight excluding hydrogens is 537 g/mol. The van der Waals surface area contributed by atoms with Gasteiger partial charge in [-0.3, -0.25) is 14.4 Å². The van der Waals surface area contributed by atoms with E-state index in [4.69, 9.17) is 32.7 Å². The van der Waals surface area contributed by atoms with Gasteiger partial charge in [-0.2, -0.15) is 0 Å². The standard InChI is InChI=1S/C31H29Cl2NO5/c1-3-38-29(36)31(30(37)39-4-2)25-16-22(33)14-15-23(25)26(20-10-12-21(32)13-11-20)24-18-34(28(35)27(24)31)17-19-8-6-5-7-9-19/h5-16,24,26-27H,3-4,17-18H2,1-2H3/t24-,26-,27-/m0/s1. The summed E-state index contributed by atoms with van der Waals surface area (Å²) in [4.78, 5) is 44.1. The van der Waals surface area contributed by atoms with E-state index < -0.39 is 29.2 Å². The second kappa shape index (κ2) is 11.0.